The predicted octanol–water partition coefficient (Wildman–Crippen LogP) is 22.7. The van der Waals surface area contributed by atoms with E-state index in [1.807, 2.05) is 0 Å². The van der Waals surface area contributed by atoms with Gasteiger partial charge in [0, 0.05) is 22.7 Å². The first-order chi connectivity index (χ1) is 39.0. The number of nitrogens with zero attached hydrogens (tertiary/aromatic N) is 2. The molecule has 0 spiro atoms. The molecule has 12 aromatic carbocycles. The molecule has 0 bridgehead atoms. The number of benzene rings is 12. The number of para-hydroxylation sites is 2. The summed E-state index contributed by atoms with van der Waals surface area (Å²) in [5.74, 6) is 0.752. The quantitative estimate of drug-likeness (QED) is 0.120. The summed E-state index contributed by atoms with van der Waals surface area (Å²) in [6.45, 7) is 18.1. The standard InChI is InChI=1S/C78H66N2/c1-49(2)59-37-23-39-61(45-59)79(77-51(5)25-21-26-52(77)6)63-41-43-65-67(47-63)71(57-33-17-11-18-34-57)75-73(69(65)55-29-13-9-14-30-55)74-70(56-31-15-10-16-32-56)66-44-42-64(48-68(66)72(76(74)75)58-35-19-12-20-36-58)80(78-53(7)27-22-28-54(78)8)62-40-24-38-60(46-62)50(3)4/h9-50H,1-8H3. The third-order valence-electron chi connectivity index (χ3n) is 16.8. The Balaban J connectivity index is 1.20. The second kappa shape index (κ2) is 20.5. The van der Waals surface area contributed by atoms with Gasteiger partial charge in [0.05, 0.1) is 11.4 Å². The SMILES string of the molecule is Cc1cccc(C)c1N(c1cccc(C(C)C)c1)c1ccc2c(-c3ccccc3)c3c(c(-c4ccccc4)c2c1)-c1c-3c(-c2ccccc2)c2ccc(N(c3cccc(C(C)C)c3)c3c(C)cccc3C)cc2c1-c1ccccc1. The fourth-order valence-electron chi connectivity index (χ4n) is 13.0. The highest BCUT2D eigenvalue weighted by atomic mass is 15.2. The molecular formula is C78H66N2. The number of hydrogen-bond acceptors (Lipinski definition) is 2. The van der Waals surface area contributed by atoms with Crippen LogP contribution in [0.3, 0.4) is 0 Å². The molecule has 0 fully saturated rings. The third-order valence-corrected chi connectivity index (χ3v) is 16.8. The zero-order valence-electron chi connectivity index (χ0n) is 47.1. The summed E-state index contributed by atoms with van der Waals surface area (Å²) in [6.07, 6.45) is 0. The van der Waals surface area contributed by atoms with Crippen molar-refractivity contribution < 1.29 is 0 Å². The Morgan fingerprint density at radius 3 is 0.812 bits per heavy atom. The van der Waals surface area contributed by atoms with E-state index in [-0.39, 0.29) is 0 Å². The van der Waals surface area contributed by atoms with Crippen molar-refractivity contribution in [2.45, 2.75) is 67.2 Å². The number of hydrogen-bond donors (Lipinski definition) is 0. The molecule has 13 rings (SSSR count). The average molecular weight is 1030 g/mol. The van der Waals surface area contributed by atoms with Crippen LogP contribution in [0, 0.1) is 27.7 Å². The molecule has 0 saturated heterocycles. The lowest BCUT2D eigenvalue weighted by Crippen LogP contribution is -2.14. The van der Waals surface area contributed by atoms with Gasteiger partial charge < -0.3 is 9.80 Å². The molecule has 0 amide bonds. The molecule has 0 heterocycles. The normalized spacial score (nSPS) is 11.7. The van der Waals surface area contributed by atoms with Crippen LogP contribution >= 0.6 is 0 Å². The van der Waals surface area contributed by atoms with E-state index in [1.54, 1.807) is 0 Å². The van der Waals surface area contributed by atoms with Crippen molar-refractivity contribution in [3.8, 4) is 66.8 Å². The molecule has 0 radical (unpaired) electrons. The van der Waals surface area contributed by atoms with E-state index in [2.05, 4.69) is 308 Å². The van der Waals surface area contributed by atoms with Crippen molar-refractivity contribution in [1.29, 1.82) is 0 Å². The lowest BCUT2D eigenvalue weighted by molar-refractivity contribution is 0.866. The van der Waals surface area contributed by atoms with Crippen LogP contribution in [0.4, 0.5) is 34.1 Å². The molecule has 80 heavy (non-hydrogen) atoms. The molecule has 1 aliphatic carbocycles. The van der Waals surface area contributed by atoms with E-state index in [9.17, 15) is 0 Å². The van der Waals surface area contributed by atoms with Crippen LogP contribution in [-0.4, -0.2) is 0 Å². The molecule has 0 saturated carbocycles. The first-order valence-electron chi connectivity index (χ1n) is 28.5. The number of anilines is 6. The first-order valence-corrected chi connectivity index (χ1v) is 28.5. The lowest BCUT2D eigenvalue weighted by Gasteiger charge is -2.38. The zero-order chi connectivity index (χ0) is 54.8. The van der Waals surface area contributed by atoms with Crippen molar-refractivity contribution in [2.75, 3.05) is 9.80 Å². The molecule has 0 unspecified atom stereocenters. The van der Waals surface area contributed by atoms with Gasteiger partial charge in [-0.1, -0.05) is 222 Å². The largest absolute Gasteiger partial charge is 0.310 e. The Morgan fingerprint density at radius 1 is 0.237 bits per heavy atom. The monoisotopic (exact) mass is 1030 g/mol. The highest BCUT2D eigenvalue weighted by Gasteiger charge is 2.39. The van der Waals surface area contributed by atoms with Gasteiger partial charge in [-0.25, -0.2) is 0 Å². The van der Waals surface area contributed by atoms with E-state index < -0.39 is 0 Å². The number of fused-ring (bicyclic) bond motifs is 6. The van der Waals surface area contributed by atoms with Crippen molar-refractivity contribution in [3.63, 3.8) is 0 Å². The van der Waals surface area contributed by atoms with Crippen LogP contribution in [0.25, 0.3) is 88.3 Å². The average Bonchev–Trinajstić information content (AvgIpc) is 3.67. The predicted molar refractivity (Wildman–Crippen MR) is 344 cm³/mol. The Kier molecular flexibility index (Phi) is 12.9. The highest BCUT2D eigenvalue weighted by molar-refractivity contribution is 6.33. The van der Waals surface area contributed by atoms with Crippen LogP contribution < -0.4 is 9.80 Å². The second-order valence-electron chi connectivity index (χ2n) is 22.6. The van der Waals surface area contributed by atoms with Gasteiger partial charge in [-0.05, 0) is 210 Å². The molecule has 0 aliphatic heterocycles. The van der Waals surface area contributed by atoms with E-state index in [0.29, 0.717) is 11.8 Å². The fourth-order valence-corrected chi connectivity index (χ4v) is 13.0. The molecule has 388 valence electrons. The van der Waals surface area contributed by atoms with Gasteiger partial charge in [0.1, 0.15) is 0 Å². The van der Waals surface area contributed by atoms with Crippen molar-refractivity contribution in [3.05, 3.63) is 276 Å². The maximum atomic E-state index is 2.51. The van der Waals surface area contributed by atoms with Crippen LogP contribution in [-0.2, 0) is 0 Å². The molecule has 2 heteroatoms. The van der Waals surface area contributed by atoms with Gasteiger partial charge in [0.2, 0.25) is 0 Å². The van der Waals surface area contributed by atoms with Crippen LogP contribution in [0.5, 0.6) is 0 Å². The molecule has 0 aromatic heterocycles. The Labute approximate surface area is 472 Å². The van der Waals surface area contributed by atoms with Crippen LogP contribution in [0.1, 0.15) is 72.9 Å². The number of aryl methyl sites for hydroxylation is 4. The Hall–Kier alpha value is -9.24. The maximum absolute atomic E-state index is 2.51. The zero-order valence-corrected chi connectivity index (χ0v) is 47.1. The summed E-state index contributed by atoms with van der Waals surface area (Å²) in [7, 11) is 0. The van der Waals surface area contributed by atoms with E-state index >= 15 is 0 Å². The minimum Gasteiger partial charge on any atom is -0.310 e. The third kappa shape index (κ3) is 8.50. The molecule has 0 atom stereocenters. The molecule has 12 aromatic rings. The molecule has 2 nitrogen and oxygen atoms in total. The van der Waals surface area contributed by atoms with Gasteiger partial charge in [0.15, 0.2) is 0 Å². The van der Waals surface area contributed by atoms with Crippen molar-refractivity contribution >= 4 is 55.7 Å². The van der Waals surface area contributed by atoms with Gasteiger partial charge in [-0.15, -0.1) is 0 Å². The summed E-state index contributed by atoms with van der Waals surface area (Å²) in [4.78, 5) is 5.02. The lowest BCUT2D eigenvalue weighted by atomic mass is 9.65. The molecule has 0 N–H and O–H groups in total. The summed E-state index contributed by atoms with van der Waals surface area (Å²) in [5, 5.41) is 4.88. The maximum Gasteiger partial charge on any atom is 0.0519 e. The summed E-state index contributed by atoms with van der Waals surface area (Å²) >= 11 is 0. The molecular weight excluding hydrogens is 965 g/mol. The van der Waals surface area contributed by atoms with Crippen LogP contribution in [0.15, 0.2) is 243 Å². The van der Waals surface area contributed by atoms with E-state index in [1.165, 1.54) is 133 Å². The molecule has 1 aliphatic rings. The van der Waals surface area contributed by atoms with Crippen molar-refractivity contribution in [2.24, 2.45) is 0 Å². The van der Waals surface area contributed by atoms with Gasteiger partial charge >= 0.3 is 0 Å². The summed E-state index contributed by atoms with van der Waals surface area (Å²) in [5.41, 5.74) is 29.5. The van der Waals surface area contributed by atoms with E-state index in [0.717, 1.165) is 22.7 Å². The summed E-state index contributed by atoms with van der Waals surface area (Å²) in [6, 6.07) is 91.1. The first kappa shape index (κ1) is 50.3. The Bertz CT molecular complexity index is 4000. The van der Waals surface area contributed by atoms with Gasteiger partial charge in [0.25, 0.3) is 0 Å². The minimum atomic E-state index is 0.376. The minimum absolute atomic E-state index is 0.376. The Morgan fingerprint density at radius 2 is 0.512 bits per heavy atom. The second-order valence-corrected chi connectivity index (χ2v) is 22.6. The topological polar surface area (TPSA) is 6.48 Å². The van der Waals surface area contributed by atoms with Crippen LogP contribution in [0.2, 0.25) is 0 Å². The van der Waals surface area contributed by atoms with Crippen molar-refractivity contribution in [1.82, 2.24) is 0 Å². The van der Waals surface area contributed by atoms with Gasteiger partial charge in [-0.2, -0.15) is 0 Å². The van der Waals surface area contributed by atoms with Gasteiger partial charge in [-0.3, -0.25) is 0 Å². The van der Waals surface area contributed by atoms with E-state index in [4.69, 9.17) is 0 Å². The smallest absolute Gasteiger partial charge is 0.0519 e. The summed E-state index contributed by atoms with van der Waals surface area (Å²) < 4.78 is 0. The highest BCUT2D eigenvalue weighted by Crippen LogP contribution is 2.66. The fraction of sp³-hybridized carbons (Fsp3) is 0.128. The number of rotatable bonds is 12.